The molecule has 2 N–H and O–H groups in total. The predicted molar refractivity (Wildman–Crippen MR) is 93.7 cm³/mol. The Morgan fingerprint density at radius 2 is 1.74 bits per heavy atom. The molecule has 5 nitrogen and oxygen atoms in total. The molecule has 1 aliphatic rings. The van der Waals surface area contributed by atoms with Gasteiger partial charge in [-0.15, -0.1) is 0 Å². The quantitative estimate of drug-likeness (QED) is 0.572. The molecular formula is C18H27N3O2. The summed E-state index contributed by atoms with van der Waals surface area (Å²) in [6.07, 6.45) is 5.53. The molecule has 0 radical (unpaired) electrons. The average Bonchev–Trinajstić information content (AvgIpc) is 3.06. The molecule has 0 unspecified atom stereocenters. The molecule has 0 bridgehead atoms. The number of benzene rings is 1. The lowest BCUT2D eigenvalue weighted by molar-refractivity contribution is -0.126. The Morgan fingerprint density at radius 1 is 1.04 bits per heavy atom. The van der Waals surface area contributed by atoms with Crippen LogP contribution in [0.2, 0.25) is 0 Å². The van der Waals surface area contributed by atoms with E-state index in [2.05, 4.69) is 22.5 Å². The minimum Gasteiger partial charge on any atom is -0.372 e. The summed E-state index contributed by atoms with van der Waals surface area (Å²) < 4.78 is 0. The minimum absolute atomic E-state index is 0.125. The summed E-state index contributed by atoms with van der Waals surface area (Å²) in [6.45, 7) is 4.96. The highest BCUT2D eigenvalue weighted by molar-refractivity contribution is 6.03. The third kappa shape index (κ3) is 5.93. The highest BCUT2D eigenvalue weighted by Gasteiger charge is 2.13. The lowest BCUT2D eigenvalue weighted by Gasteiger charge is -2.17. The Hall–Kier alpha value is -2.04. The summed E-state index contributed by atoms with van der Waals surface area (Å²) in [7, 11) is 0. The number of carbonyl (C=O) groups excluding carboxylic acids is 2. The summed E-state index contributed by atoms with van der Waals surface area (Å²) in [5, 5.41) is 5.55. The van der Waals surface area contributed by atoms with Crippen molar-refractivity contribution in [3.63, 3.8) is 0 Å². The molecule has 126 valence electrons. The Balaban J connectivity index is 1.73. The summed E-state index contributed by atoms with van der Waals surface area (Å²) >= 11 is 0. The second-order valence-electron chi connectivity index (χ2n) is 6.02. The Morgan fingerprint density at radius 3 is 2.39 bits per heavy atom. The van der Waals surface area contributed by atoms with Crippen LogP contribution >= 0.6 is 0 Å². The molecule has 0 spiro atoms. The topological polar surface area (TPSA) is 61.4 Å². The first kappa shape index (κ1) is 17.3. The van der Waals surface area contributed by atoms with E-state index < -0.39 is 0 Å². The SMILES string of the molecule is CCCCCNC(=O)CC(=O)Nc1ccc(N2CCCC2)cc1. The number of unbranched alkanes of at least 4 members (excludes halogenated alkanes) is 2. The zero-order valence-electron chi connectivity index (χ0n) is 13.9. The van der Waals surface area contributed by atoms with Gasteiger partial charge in [0, 0.05) is 31.0 Å². The van der Waals surface area contributed by atoms with Crippen LogP contribution in [-0.2, 0) is 9.59 Å². The van der Waals surface area contributed by atoms with E-state index in [0.717, 1.165) is 38.0 Å². The zero-order valence-corrected chi connectivity index (χ0v) is 13.9. The first-order chi connectivity index (χ1) is 11.2. The van der Waals surface area contributed by atoms with Crippen molar-refractivity contribution < 1.29 is 9.59 Å². The van der Waals surface area contributed by atoms with Crippen LogP contribution in [0.4, 0.5) is 11.4 Å². The van der Waals surface area contributed by atoms with Gasteiger partial charge in [-0.3, -0.25) is 9.59 Å². The number of hydrogen-bond acceptors (Lipinski definition) is 3. The van der Waals surface area contributed by atoms with Gasteiger partial charge in [0.1, 0.15) is 6.42 Å². The van der Waals surface area contributed by atoms with E-state index in [1.165, 1.54) is 18.5 Å². The van der Waals surface area contributed by atoms with Crippen molar-refractivity contribution in [3.05, 3.63) is 24.3 Å². The molecular weight excluding hydrogens is 290 g/mol. The van der Waals surface area contributed by atoms with Gasteiger partial charge >= 0.3 is 0 Å². The van der Waals surface area contributed by atoms with E-state index >= 15 is 0 Å². The third-order valence-corrected chi connectivity index (χ3v) is 4.05. The zero-order chi connectivity index (χ0) is 16.5. The summed E-state index contributed by atoms with van der Waals surface area (Å²) in [5.74, 6) is -0.487. The van der Waals surface area contributed by atoms with Crippen LogP contribution in [0.15, 0.2) is 24.3 Å². The summed E-state index contributed by atoms with van der Waals surface area (Å²) in [4.78, 5) is 25.9. The van der Waals surface area contributed by atoms with Gasteiger partial charge in [0.15, 0.2) is 0 Å². The molecule has 1 fully saturated rings. The molecule has 2 rings (SSSR count). The minimum atomic E-state index is -0.271. The molecule has 0 saturated carbocycles. The van der Waals surface area contributed by atoms with Gasteiger partial charge in [0.2, 0.25) is 11.8 Å². The van der Waals surface area contributed by atoms with Gasteiger partial charge in [-0.25, -0.2) is 0 Å². The number of anilines is 2. The first-order valence-electron chi connectivity index (χ1n) is 8.60. The molecule has 23 heavy (non-hydrogen) atoms. The van der Waals surface area contributed by atoms with Gasteiger partial charge < -0.3 is 15.5 Å². The Bertz CT molecular complexity index is 508. The molecule has 1 aromatic carbocycles. The van der Waals surface area contributed by atoms with E-state index in [-0.39, 0.29) is 18.2 Å². The molecule has 0 atom stereocenters. The molecule has 1 aromatic rings. The van der Waals surface area contributed by atoms with E-state index in [1.54, 1.807) is 0 Å². The van der Waals surface area contributed by atoms with Gasteiger partial charge in [-0.2, -0.15) is 0 Å². The Kier molecular flexibility index (Phi) is 6.91. The smallest absolute Gasteiger partial charge is 0.233 e. The standard InChI is InChI=1S/C18H27N3O2/c1-2-3-4-11-19-17(22)14-18(23)20-15-7-9-16(10-8-15)21-12-5-6-13-21/h7-10H,2-6,11-14H2,1H3,(H,19,22)(H,20,23). The number of hydrogen-bond donors (Lipinski definition) is 2. The lowest BCUT2D eigenvalue weighted by Crippen LogP contribution is -2.28. The van der Waals surface area contributed by atoms with Crippen molar-refractivity contribution in [1.29, 1.82) is 0 Å². The summed E-state index contributed by atoms with van der Waals surface area (Å²) in [6, 6.07) is 7.83. The molecule has 1 saturated heterocycles. The van der Waals surface area contributed by atoms with Crippen molar-refractivity contribution in [1.82, 2.24) is 5.32 Å². The molecule has 5 heteroatoms. The second-order valence-corrected chi connectivity index (χ2v) is 6.02. The van der Waals surface area contributed by atoms with Crippen LogP contribution in [0, 0.1) is 0 Å². The normalized spacial score (nSPS) is 13.9. The number of nitrogens with zero attached hydrogens (tertiary/aromatic N) is 1. The molecule has 0 aliphatic carbocycles. The average molecular weight is 317 g/mol. The van der Waals surface area contributed by atoms with Crippen LogP contribution in [0.3, 0.4) is 0 Å². The maximum atomic E-state index is 11.9. The predicted octanol–water partition coefficient (Wildman–Crippen LogP) is 2.92. The first-order valence-corrected chi connectivity index (χ1v) is 8.60. The van der Waals surface area contributed by atoms with Crippen molar-refractivity contribution >= 4 is 23.2 Å². The van der Waals surface area contributed by atoms with Crippen molar-refractivity contribution in [2.45, 2.75) is 45.4 Å². The monoisotopic (exact) mass is 317 g/mol. The molecule has 2 amide bonds. The van der Waals surface area contributed by atoms with Crippen LogP contribution in [-0.4, -0.2) is 31.4 Å². The number of amides is 2. The van der Waals surface area contributed by atoms with Crippen molar-refractivity contribution in [2.75, 3.05) is 29.9 Å². The van der Waals surface area contributed by atoms with E-state index in [0.29, 0.717) is 6.54 Å². The van der Waals surface area contributed by atoms with Crippen LogP contribution in [0.5, 0.6) is 0 Å². The fourth-order valence-corrected chi connectivity index (χ4v) is 2.75. The van der Waals surface area contributed by atoms with Crippen molar-refractivity contribution in [3.8, 4) is 0 Å². The van der Waals surface area contributed by atoms with Gasteiger partial charge in [0.05, 0.1) is 0 Å². The van der Waals surface area contributed by atoms with E-state index in [1.807, 2.05) is 24.3 Å². The highest BCUT2D eigenvalue weighted by atomic mass is 16.2. The molecule has 0 aromatic heterocycles. The molecule has 1 heterocycles. The van der Waals surface area contributed by atoms with E-state index in [4.69, 9.17) is 0 Å². The largest absolute Gasteiger partial charge is 0.372 e. The fraction of sp³-hybridized carbons (Fsp3) is 0.556. The maximum absolute atomic E-state index is 11.9. The number of carbonyl (C=O) groups is 2. The van der Waals surface area contributed by atoms with Crippen molar-refractivity contribution in [2.24, 2.45) is 0 Å². The Labute approximate surface area is 138 Å². The van der Waals surface area contributed by atoms with Gasteiger partial charge in [-0.1, -0.05) is 19.8 Å². The number of rotatable bonds is 8. The highest BCUT2D eigenvalue weighted by Crippen LogP contribution is 2.22. The summed E-state index contributed by atoms with van der Waals surface area (Å²) in [5.41, 5.74) is 1.92. The maximum Gasteiger partial charge on any atom is 0.233 e. The van der Waals surface area contributed by atoms with Crippen LogP contribution in [0.1, 0.15) is 45.4 Å². The fourth-order valence-electron chi connectivity index (χ4n) is 2.75. The third-order valence-electron chi connectivity index (χ3n) is 4.05. The molecule has 1 aliphatic heterocycles. The lowest BCUT2D eigenvalue weighted by atomic mass is 10.2. The second kappa shape index (κ2) is 9.18. The van der Waals surface area contributed by atoms with Gasteiger partial charge in [0.25, 0.3) is 0 Å². The van der Waals surface area contributed by atoms with Gasteiger partial charge in [-0.05, 0) is 43.5 Å². The van der Waals surface area contributed by atoms with Crippen LogP contribution < -0.4 is 15.5 Å². The van der Waals surface area contributed by atoms with E-state index in [9.17, 15) is 9.59 Å². The number of nitrogens with one attached hydrogen (secondary N) is 2. The van der Waals surface area contributed by atoms with Crippen LogP contribution in [0.25, 0.3) is 0 Å².